The third-order valence-corrected chi connectivity index (χ3v) is 2.32. The SMILES string of the molecule is Nc1ccccc1CCc1nc(C(=O)O)no1. The van der Waals surface area contributed by atoms with Crippen molar-refractivity contribution in [2.45, 2.75) is 12.8 Å². The molecule has 0 aliphatic carbocycles. The smallest absolute Gasteiger partial charge is 0.377 e. The summed E-state index contributed by atoms with van der Waals surface area (Å²) in [6.45, 7) is 0. The Balaban J connectivity index is 2.02. The summed E-state index contributed by atoms with van der Waals surface area (Å²) in [4.78, 5) is 14.3. The fourth-order valence-electron chi connectivity index (χ4n) is 1.45. The molecule has 1 aromatic carbocycles. The highest BCUT2D eigenvalue weighted by atomic mass is 16.5. The number of aromatic carboxylic acids is 1. The Bertz CT molecular complexity index is 536. The topological polar surface area (TPSA) is 102 Å². The number of anilines is 1. The highest BCUT2D eigenvalue weighted by molar-refractivity contribution is 5.82. The number of hydrogen-bond donors (Lipinski definition) is 2. The highest BCUT2D eigenvalue weighted by Crippen LogP contribution is 2.13. The van der Waals surface area contributed by atoms with Gasteiger partial charge in [-0.2, -0.15) is 4.98 Å². The number of aromatic nitrogens is 2. The molecule has 0 spiro atoms. The lowest BCUT2D eigenvalue weighted by molar-refractivity contribution is 0.0680. The normalized spacial score (nSPS) is 10.4. The minimum absolute atomic E-state index is 0.297. The molecule has 2 aromatic rings. The quantitative estimate of drug-likeness (QED) is 0.767. The van der Waals surface area contributed by atoms with Gasteiger partial charge in [-0.25, -0.2) is 4.79 Å². The van der Waals surface area contributed by atoms with E-state index in [0.717, 1.165) is 5.56 Å². The summed E-state index contributed by atoms with van der Waals surface area (Å²) < 4.78 is 4.80. The number of para-hydroxylation sites is 1. The first-order chi connectivity index (χ1) is 8.16. The van der Waals surface area contributed by atoms with Gasteiger partial charge in [0.1, 0.15) is 0 Å². The van der Waals surface area contributed by atoms with Crippen LogP contribution in [0.3, 0.4) is 0 Å². The van der Waals surface area contributed by atoms with Crippen molar-refractivity contribution in [3.63, 3.8) is 0 Å². The van der Waals surface area contributed by atoms with Crippen LogP contribution in [0.1, 0.15) is 22.1 Å². The second-order valence-electron chi connectivity index (χ2n) is 3.52. The molecule has 0 radical (unpaired) electrons. The van der Waals surface area contributed by atoms with Crippen LogP contribution in [0.4, 0.5) is 5.69 Å². The van der Waals surface area contributed by atoms with Gasteiger partial charge < -0.3 is 15.4 Å². The molecule has 1 heterocycles. The first-order valence-electron chi connectivity index (χ1n) is 5.06. The van der Waals surface area contributed by atoms with Crippen molar-refractivity contribution in [3.05, 3.63) is 41.5 Å². The summed E-state index contributed by atoms with van der Waals surface area (Å²) in [5.74, 6) is -1.22. The van der Waals surface area contributed by atoms with E-state index in [2.05, 4.69) is 10.1 Å². The number of hydrogen-bond acceptors (Lipinski definition) is 5. The molecule has 0 saturated carbocycles. The van der Waals surface area contributed by atoms with Gasteiger partial charge in [0.15, 0.2) is 0 Å². The molecular formula is C11H11N3O3. The minimum atomic E-state index is -1.20. The van der Waals surface area contributed by atoms with E-state index < -0.39 is 5.97 Å². The molecule has 2 rings (SSSR count). The van der Waals surface area contributed by atoms with Crippen molar-refractivity contribution in [1.82, 2.24) is 10.1 Å². The van der Waals surface area contributed by atoms with Crippen LogP contribution in [-0.2, 0) is 12.8 Å². The van der Waals surface area contributed by atoms with E-state index in [1.54, 1.807) is 0 Å². The molecule has 0 amide bonds. The van der Waals surface area contributed by atoms with Crippen molar-refractivity contribution in [2.24, 2.45) is 0 Å². The first kappa shape index (κ1) is 11.1. The molecule has 0 saturated heterocycles. The molecule has 1 aromatic heterocycles. The van der Waals surface area contributed by atoms with Crippen molar-refractivity contribution in [1.29, 1.82) is 0 Å². The molecule has 0 atom stereocenters. The lowest BCUT2D eigenvalue weighted by Gasteiger charge is -2.02. The third-order valence-electron chi connectivity index (χ3n) is 2.32. The van der Waals surface area contributed by atoms with Crippen LogP contribution in [0.5, 0.6) is 0 Å². The van der Waals surface area contributed by atoms with E-state index in [-0.39, 0.29) is 5.82 Å². The fourth-order valence-corrected chi connectivity index (χ4v) is 1.45. The molecule has 0 bridgehead atoms. The summed E-state index contributed by atoms with van der Waals surface area (Å²) in [5, 5.41) is 12.0. The van der Waals surface area contributed by atoms with Crippen molar-refractivity contribution in [2.75, 3.05) is 5.73 Å². The van der Waals surface area contributed by atoms with E-state index in [0.29, 0.717) is 24.4 Å². The van der Waals surface area contributed by atoms with Crippen LogP contribution < -0.4 is 5.73 Å². The summed E-state index contributed by atoms with van der Waals surface area (Å²) >= 11 is 0. The second-order valence-corrected chi connectivity index (χ2v) is 3.52. The zero-order valence-corrected chi connectivity index (χ0v) is 8.96. The molecule has 6 heteroatoms. The Morgan fingerprint density at radius 3 is 2.76 bits per heavy atom. The standard InChI is InChI=1S/C11H11N3O3/c12-8-4-2-1-3-7(8)5-6-9-13-10(11(15)16)14-17-9/h1-4H,5-6,12H2,(H,15,16). The van der Waals surface area contributed by atoms with E-state index in [9.17, 15) is 4.79 Å². The van der Waals surface area contributed by atoms with Gasteiger partial charge in [0.25, 0.3) is 5.82 Å². The van der Waals surface area contributed by atoms with Gasteiger partial charge in [0, 0.05) is 12.1 Å². The highest BCUT2D eigenvalue weighted by Gasteiger charge is 2.12. The number of carboxylic acids is 1. The maximum Gasteiger partial charge on any atom is 0.377 e. The predicted molar refractivity (Wildman–Crippen MR) is 59.5 cm³/mol. The molecule has 6 nitrogen and oxygen atoms in total. The fraction of sp³-hybridized carbons (Fsp3) is 0.182. The van der Waals surface area contributed by atoms with E-state index in [4.69, 9.17) is 15.4 Å². The van der Waals surface area contributed by atoms with Gasteiger partial charge in [-0.05, 0) is 23.2 Å². The molecule has 0 aliphatic heterocycles. The number of nitrogens with zero attached hydrogens (tertiary/aromatic N) is 2. The van der Waals surface area contributed by atoms with Gasteiger partial charge in [-0.3, -0.25) is 0 Å². The van der Waals surface area contributed by atoms with E-state index >= 15 is 0 Å². The molecule has 3 N–H and O–H groups in total. The molecular weight excluding hydrogens is 222 g/mol. The molecule has 0 unspecified atom stereocenters. The number of nitrogen functional groups attached to an aromatic ring is 1. The van der Waals surface area contributed by atoms with Gasteiger partial charge in [-0.15, -0.1) is 0 Å². The summed E-state index contributed by atoms with van der Waals surface area (Å²) in [5.41, 5.74) is 7.45. The van der Waals surface area contributed by atoms with Crippen LogP contribution >= 0.6 is 0 Å². The summed E-state index contributed by atoms with van der Waals surface area (Å²) in [6.07, 6.45) is 1.10. The number of rotatable bonds is 4. The van der Waals surface area contributed by atoms with Crippen LogP contribution in [0.2, 0.25) is 0 Å². The Morgan fingerprint density at radius 2 is 2.12 bits per heavy atom. The molecule has 0 aliphatic rings. The van der Waals surface area contributed by atoms with Crippen LogP contribution in [0.25, 0.3) is 0 Å². The van der Waals surface area contributed by atoms with Crippen molar-refractivity contribution in [3.8, 4) is 0 Å². The summed E-state index contributed by atoms with van der Waals surface area (Å²) in [6, 6.07) is 7.46. The zero-order valence-electron chi connectivity index (χ0n) is 8.96. The average Bonchev–Trinajstić information content (AvgIpc) is 2.77. The first-order valence-corrected chi connectivity index (χ1v) is 5.06. The number of carboxylic acid groups (broad SMARTS) is 1. The maximum atomic E-state index is 10.5. The second kappa shape index (κ2) is 4.65. The van der Waals surface area contributed by atoms with Crippen molar-refractivity contribution < 1.29 is 14.4 Å². The lowest BCUT2D eigenvalue weighted by Crippen LogP contribution is -2.00. The number of carbonyl (C=O) groups is 1. The van der Waals surface area contributed by atoms with Crippen LogP contribution in [0.15, 0.2) is 28.8 Å². The van der Waals surface area contributed by atoms with E-state index in [1.165, 1.54) is 0 Å². The summed E-state index contributed by atoms with van der Waals surface area (Å²) in [7, 11) is 0. The molecule has 17 heavy (non-hydrogen) atoms. The van der Waals surface area contributed by atoms with Gasteiger partial charge in [-0.1, -0.05) is 18.2 Å². The minimum Gasteiger partial charge on any atom is -0.475 e. The van der Waals surface area contributed by atoms with E-state index in [1.807, 2.05) is 24.3 Å². The van der Waals surface area contributed by atoms with Gasteiger partial charge in [0.2, 0.25) is 5.89 Å². The Hall–Kier alpha value is -2.37. The van der Waals surface area contributed by atoms with Crippen LogP contribution in [0, 0.1) is 0 Å². The van der Waals surface area contributed by atoms with Gasteiger partial charge in [0.05, 0.1) is 0 Å². The number of nitrogens with two attached hydrogens (primary N) is 1. The number of benzene rings is 1. The average molecular weight is 233 g/mol. The zero-order chi connectivity index (χ0) is 12.3. The predicted octanol–water partition coefficient (Wildman–Crippen LogP) is 1.14. The Kier molecular flexibility index (Phi) is 3.04. The Morgan fingerprint density at radius 1 is 1.35 bits per heavy atom. The maximum absolute atomic E-state index is 10.5. The third kappa shape index (κ3) is 2.60. The molecule has 0 fully saturated rings. The Labute approximate surface area is 97.1 Å². The lowest BCUT2D eigenvalue weighted by atomic mass is 10.1. The van der Waals surface area contributed by atoms with Gasteiger partial charge >= 0.3 is 5.97 Å². The number of aryl methyl sites for hydroxylation is 2. The molecule has 88 valence electrons. The van der Waals surface area contributed by atoms with Crippen LogP contribution in [-0.4, -0.2) is 21.2 Å². The van der Waals surface area contributed by atoms with Crippen molar-refractivity contribution >= 4 is 11.7 Å². The monoisotopic (exact) mass is 233 g/mol. The largest absolute Gasteiger partial charge is 0.475 e.